The van der Waals surface area contributed by atoms with Crippen LogP contribution < -0.4 is 11.1 Å². The van der Waals surface area contributed by atoms with Gasteiger partial charge in [0.2, 0.25) is 5.91 Å². The molecule has 1 fully saturated rings. The van der Waals surface area contributed by atoms with Gasteiger partial charge in [-0.3, -0.25) is 9.59 Å². The minimum absolute atomic E-state index is 0.0923. The van der Waals surface area contributed by atoms with Crippen molar-refractivity contribution in [3.8, 4) is 0 Å². The summed E-state index contributed by atoms with van der Waals surface area (Å²) in [5, 5.41) is 12.0. The van der Waals surface area contributed by atoms with Gasteiger partial charge in [-0.05, 0) is 32.1 Å². The van der Waals surface area contributed by atoms with Gasteiger partial charge in [0.15, 0.2) is 0 Å². The monoisotopic (exact) mass is 270 g/mol. The van der Waals surface area contributed by atoms with Crippen molar-refractivity contribution in [2.75, 3.05) is 13.1 Å². The summed E-state index contributed by atoms with van der Waals surface area (Å²) in [5.41, 5.74) is 4.70. The zero-order valence-corrected chi connectivity index (χ0v) is 12.0. The number of carboxylic acid groups (broad SMARTS) is 1. The van der Waals surface area contributed by atoms with Crippen molar-refractivity contribution < 1.29 is 14.7 Å². The maximum Gasteiger partial charge on any atom is 0.303 e. The van der Waals surface area contributed by atoms with Crippen LogP contribution in [0.1, 0.15) is 52.4 Å². The number of amides is 1. The van der Waals surface area contributed by atoms with Crippen LogP contribution in [-0.4, -0.2) is 30.1 Å². The summed E-state index contributed by atoms with van der Waals surface area (Å²) in [6.45, 7) is 4.33. The fourth-order valence-corrected chi connectivity index (χ4v) is 2.64. The molecule has 1 aliphatic carbocycles. The first-order chi connectivity index (χ1) is 8.81. The minimum Gasteiger partial charge on any atom is -0.481 e. The van der Waals surface area contributed by atoms with E-state index in [-0.39, 0.29) is 24.3 Å². The highest BCUT2D eigenvalue weighted by molar-refractivity contribution is 5.82. The van der Waals surface area contributed by atoms with Gasteiger partial charge in [-0.15, -0.1) is 0 Å². The second kappa shape index (κ2) is 6.37. The van der Waals surface area contributed by atoms with Crippen molar-refractivity contribution in [2.45, 2.75) is 52.4 Å². The number of carboxylic acids is 1. The van der Waals surface area contributed by atoms with Gasteiger partial charge in [-0.2, -0.15) is 0 Å². The molecule has 0 atom stereocenters. The summed E-state index contributed by atoms with van der Waals surface area (Å²) in [4.78, 5) is 23.1. The van der Waals surface area contributed by atoms with E-state index in [4.69, 9.17) is 10.8 Å². The molecule has 1 aliphatic rings. The molecule has 0 aromatic rings. The first-order valence-electron chi connectivity index (χ1n) is 7.01. The average Bonchev–Trinajstić information content (AvgIpc) is 2.36. The second-order valence-electron chi connectivity index (χ2n) is 6.40. The summed E-state index contributed by atoms with van der Waals surface area (Å²) >= 11 is 0. The Hall–Kier alpha value is -1.10. The van der Waals surface area contributed by atoms with Gasteiger partial charge >= 0.3 is 5.97 Å². The molecule has 1 saturated carbocycles. The number of hydrogen-bond acceptors (Lipinski definition) is 3. The lowest BCUT2D eigenvalue weighted by Crippen LogP contribution is -2.47. The Morgan fingerprint density at radius 2 is 1.84 bits per heavy atom. The molecule has 0 radical (unpaired) electrons. The van der Waals surface area contributed by atoms with Crippen LogP contribution in [0.25, 0.3) is 0 Å². The molecule has 19 heavy (non-hydrogen) atoms. The summed E-state index contributed by atoms with van der Waals surface area (Å²) in [7, 11) is 0. The zero-order chi connectivity index (χ0) is 14.5. The highest BCUT2D eigenvalue weighted by Gasteiger charge is 2.36. The van der Waals surface area contributed by atoms with Gasteiger partial charge in [-0.25, -0.2) is 0 Å². The average molecular weight is 270 g/mol. The van der Waals surface area contributed by atoms with Gasteiger partial charge in [0.05, 0.1) is 11.8 Å². The smallest absolute Gasteiger partial charge is 0.303 e. The Morgan fingerprint density at radius 1 is 1.26 bits per heavy atom. The highest BCUT2D eigenvalue weighted by atomic mass is 16.4. The van der Waals surface area contributed by atoms with Crippen LogP contribution in [0.15, 0.2) is 0 Å². The molecule has 0 bridgehead atoms. The largest absolute Gasteiger partial charge is 0.481 e. The minimum atomic E-state index is -0.783. The van der Waals surface area contributed by atoms with Crippen molar-refractivity contribution in [1.82, 2.24) is 5.32 Å². The Balaban J connectivity index is 2.63. The third-order valence-electron chi connectivity index (χ3n) is 4.19. The number of nitrogens with two attached hydrogens (primary N) is 1. The van der Waals surface area contributed by atoms with Gasteiger partial charge in [-0.1, -0.05) is 19.3 Å². The maximum atomic E-state index is 12.0. The number of hydrogen-bond donors (Lipinski definition) is 3. The van der Waals surface area contributed by atoms with E-state index < -0.39 is 11.4 Å². The van der Waals surface area contributed by atoms with Gasteiger partial charge < -0.3 is 16.2 Å². The van der Waals surface area contributed by atoms with Crippen molar-refractivity contribution in [2.24, 2.45) is 16.6 Å². The Kier molecular flexibility index (Phi) is 5.35. The molecule has 0 aromatic carbocycles. The number of nitrogens with one attached hydrogen (secondary N) is 1. The summed E-state index contributed by atoms with van der Waals surface area (Å²) < 4.78 is 0. The van der Waals surface area contributed by atoms with Crippen LogP contribution in [-0.2, 0) is 9.59 Å². The van der Waals surface area contributed by atoms with Crippen molar-refractivity contribution in [3.63, 3.8) is 0 Å². The standard InChI is InChI=1S/C14H26N2O3/c1-13(2,9-15)12(19)16-10-14(8-11(17)18)6-4-3-5-7-14/h3-10,15H2,1-2H3,(H,16,19)(H,17,18). The van der Waals surface area contributed by atoms with Crippen LogP contribution in [0.5, 0.6) is 0 Å². The molecule has 0 heterocycles. The molecule has 110 valence electrons. The molecule has 0 aromatic heterocycles. The third-order valence-corrected chi connectivity index (χ3v) is 4.19. The Labute approximate surface area is 114 Å². The molecular formula is C14H26N2O3. The lowest BCUT2D eigenvalue weighted by Gasteiger charge is -2.37. The molecule has 1 rings (SSSR count). The first-order valence-corrected chi connectivity index (χ1v) is 7.01. The number of carbonyl (C=O) groups excluding carboxylic acids is 1. The van der Waals surface area contributed by atoms with Gasteiger partial charge in [0.1, 0.15) is 0 Å². The Bertz CT molecular complexity index is 334. The van der Waals surface area contributed by atoms with Crippen LogP contribution in [0, 0.1) is 10.8 Å². The van der Waals surface area contributed by atoms with Crippen molar-refractivity contribution in [3.05, 3.63) is 0 Å². The quantitative estimate of drug-likeness (QED) is 0.682. The van der Waals surface area contributed by atoms with Crippen LogP contribution in [0.4, 0.5) is 0 Å². The van der Waals surface area contributed by atoms with Gasteiger partial charge in [0.25, 0.3) is 0 Å². The lowest BCUT2D eigenvalue weighted by molar-refractivity contribution is -0.141. The molecule has 4 N–H and O–H groups in total. The molecular weight excluding hydrogens is 244 g/mol. The van der Waals surface area contributed by atoms with E-state index in [9.17, 15) is 9.59 Å². The molecule has 1 amide bonds. The van der Waals surface area contributed by atoms with E-state index in [1.807, 2.05) is 0 Å². The van der Waals surface area contributed by atoms with Crippen molar-refractivity contribution >= 4 is 11.9 Å². The predicted molar refractivity (Wildman–Crippen MR) is 73.6 cm³/mol. The third kappa shape index (κ3) is 4.49. The highest BCUT2D eigenvalue weighted by Crippen LogP contribution is 2.38. The van der Waals surface area contributed by atoms with E-state index in [0.29, 0.717) is 6.54 Å². The molecule has 0 aliphatic heterocycles. The second-order valence-corrected chi connectivity index (χ2v) is 6.40. The summed E-state index contributed by atoms with van der Waals surface area (Å²) in [6.07, 6.45) is 5.14. The maximum absolute atomic E-state index is 12.0. The Morgan fingerprint density at radius 3 is 2.32 bits per heavy atom. The summed E-state index contributed by atoms with van der Waals surface area (Å²) in [6, 6.07) is 0. The molecule has 5 nitrogen and oxygen atoms in total. The normalized spacial score (nSPS) is 18.9. The van der Waals surface area contributed by atoms with Crippen LogP contribution in [0.2, 0.25) is 0 Å². The number of carbonyl (C=O) groups is 2. The van der Waals surface area contributed by atoms with E-state index >= 15 is 0 Å². The predicted octanol–water partition coefficient (Wildman–Crippen LogP) is 1.51. The van der Waals surface area contributed by atoms with E-state index in [1.54, 1.807) is 13.8 Å². The lowest BCUT2D eigenvalue weighted by atomic mass is 9.71. The van der Waals surface area contributed by atoms with E-state index in [2.05, 4.69) is 5.32 Å². The fraction of sp³-hybridized carbons (Fsp3) is 0.857. The fourth-order valence-electron chi connectivity index (χ4n) is 2.64. The summed E-state index contributed by atoms with van der Waals surface area (Å²) in [5.74, 6) is -0.875. The SMILES string of the molecule is CC(C)(CN)C(=O)NCC1(CC(=O)O)CCCCC1. The van der Waals surface area contributed by atoms with Gasteiger partial charge in [0, 0.05) is 13.1 Å². The molecule has 0 spiro atoms. The van der Waals surface area contributed by atoms with Crippen LogP contribution in [0.3, 0.4) is 0 Å². The molecule has 0 saturated heterocycles. The number of rotatable bonds is 6. The molecule has 5 heteroatoms. The molecule has 0 unspecified atom stereocenters. The van der Waals surface area contributed by atoms with Crippen molar-refractivity contribution in [1.29, 1.82) is 0 Å². The van der Waals surface area contributed by atoms with Crippen LogP contribution >= 0.6 is 0 Å². The zero-order valence-electron chi connectivity index (χ0n) is 12.0. The topological polar surface area (TPSA) is 92.4 Å². The number of aliphatic carboxylic acids is 1. The van der Waals surface area contributed by atoms with E-state index in [0.717, 1.165) is 32.1 Å². The first kappa shape index (κ1) is 16.0. The van der Waals surface area contributed by atoms with E-state index in [1.165, 1.54) is 0 Å².